The Hall–Kier alpha value is -2.96. The molecule has 0 heterocycles. The van der Waals surface area contributed by atoms with Crippen LogP contribution in [-0.4, -0.2) is 0 Å². The first-order chi connectivity index (χ1) is 16.7. The van der Waals surface area contributed by atoms with Crippen molar-refractivity contribution in [2.45, 2.75) is 59.5 Å². The predicted octanol–water partition coefficient (Wildman–Crippen LogP) is 10.7. The summed E-state index contributed by atoms with van der Waals surface area (Å²) in [4.78, 5) is 2.28. The molecule has 0 aromatic heterocycles. The molecule has 34 heavy (non-hydrogen) atoms. The SMILES string of the molecule is CC.CC.CCC(CC)(P=O)c1cc2ccccc2cc1N(c1ccccc1)c1ccccc1. The summed E-state index contributed by atoms with van der Waals surface area (Å²) < 4.78 is 12.6. The second-order valence-electron chi connectivity index (χ2n) is 7.55. The van der Waals surface area contributed by atoms with Crippen molar-refractivity contribution in [1.82, 2.24) is 0 Å². The third-order valence-electron chi connectivity index (χ3n) is 5.98. The molecule has 4 aromatic carbocycles. The van der Waals surface area contributed by atoms with Gasteiger partial charge in [-0.2, -0.15) is 0 Å². The highest BCUT2D eigenvalue weighted by Crippen LogP contribution is 2.49. The van der Waals surface area contributed by atoms with Crippen molar-refractivity contribution < 1.29 is 4.57 Å². The van der Waals surface area contributed by atoms with Crippen LogP contribution in [0.4, 0.5) is 17.1 Å². The first-order valence-electron chi connectivity index (χ1n) is 12.5. The molecular formula is C31H38NOP. The van der Waals surface area contributed by atoms with Crippen molar-refractivity contribution >= 4 is 36.3 Å². The summed E-state index contributed by atoms with van der Waals surface area (Å²) in [6.07, 6.45) is 1.61. The van der Waals surface area contributed by atoms with Crippen LogP contribution in [0.1, 0.15) is 59.9 Å². The quantitative estimate of drug-likeness (QED) is 0.250. The van der Waals surface area contributed by atoms with Crippen molar-refractivity contribution in [1.29, 1.82) is 0 Å². The second kappa shape index (κ2) is 13.7. The highest BCUT2D eigenvalue weighted by molar-refractivity contribution is 7.25. The van der Waals surface area contributed by atoms with Crippen LogP contribution in [0.25, 0.3) is 10.8 Å². The van der Waals surface area contributed by atoms with Crippen molar-refractivity contribution in [3.8, 4) is 0 Å². The van der Waals surface area contributed by atoms with Gasteiger partial charge in [0.15, 0.2) is 8.46 Å². The van der Waals surface area contributed by atoms with E-state index in [0.29, 0.717) is 0 Å². The molecule has 0 bridgehead atoms. The van der Waals surface area contributed by atoms with Gasteiger partial charge >= 0.3 is 0 Å². The fourth-order valence-electron chi connectivity index (χ4n) is 4.18. The van der Waals surface area contributed by atoms with Gasteiger partial charge in [0.1, 0.15) is 0 Å². The minimum atomic E-state index is -0.429. The van der Waals surface area contributed by atoms with E-state index >= 15 is 0 Å². The number of anilines is 3. The molecule has 178 valence electrons. The van der Waals surface area contributed by atoms with E-state index < -0.39 is 5.16 Å². The van der Waals surface area contributed by atoms with E-state index in [-0.39, 0.29) is 8.46 Å². The summed E-state index contributed by atoms with van der Waals surface area (Å²) in [5.74, 6) is 0. The van der Waals surface area contributed by atoms with Gasteiger partial charge in [-0.25, -0.2) is 0 Å². The third kappa shape index (κ3) is 5.75. The molecule has 3 heteroatoms. The topological polar surface area (TPSA) is 20.3 Å². The summed E-state index contributed by atoms with van der Waals surface area (Å²) in [5.41, 5.74) is 4.38. The van der Waals surface area contributed by atoms with E-state index in [0.717, 1.165) is 35.5 Å². The summed E-state index contributed by atoms with van der Waals surface area (Å²) >= 11 is 0. The first-order valence-corrected chi connectivity index (χ1v) is 13.3. The molecular weight excluding hydrogens is 433 g/mol. The van der Waals surface area contributed by atoms with Gasteiger partial charge in [0, 0.05) is 11.4 Å². The van der Waals surface area contributed by atoms with E-state index in [1.54, 1.807) is 0 Å². The Morgan fingerprint density at radius 3 is 1.47 bits per heavy atom. The Labute approximate surface area is 207 Å². The van der Waals surface area contributed by atoms with Gasteiger partial charge in [0.2, 0.25) is 0 Å². The van der Waals surface area contributed by atoms with Gasteiger partial charge in [-0.3, -0.25) is 4.57 Å². The molecule has 0 N–H and O–H groups in total. The Morgan fingerprint density at radius 2 is 1.06 bits per heavy atom. The monoisotopic (exact) mass is 471 g/mol. The number of hydrogen-bond donors (Lipinski definition) is 0. The molecule has 0 amide bonds. The van der Waals surface area contributed by atoms with Crippen LogP contribution < -0.4 is 4.90 Å². The van der Waals surface area contributed by atoms with Crippen molar-refractivity contribution in [2.75, 3.05) is 4.90 Å². The number of benzene rings is 4. The zero-order chi connectivity index (χ0) is 25.0. The molecule has 0 saturated heterocycles. The maximum atomic E-state index is 12.6. The van der Waals surface area contributed by atoms with Crippen LogP contribution >= 0.6 is 8.46 Å². The van der Waals surface area contributed by atoms with Crippen molar-refractivity contribution in [3.63, 3.8) is 0 Å². The molecule has 0 radical (unpaired) electrons. The lowest BCUT2D eigenvalue weighted by molar-refractivity contribution is 0.522. The lowest BCUT2D eigenvalue weighted by Gasteiger charge is -2.34. The maximum Gasteiger partial charge on any atom is 0.166 e. The van der Waals surface area contributed by atoms with Crippen molar-refractivity contribution in [2.24, 2.45) is 0 Å². The van der Waals surface area contributed by atoms with E-state index in [1.165, 1.54) is 10.8 Å². The van der Waals surface area contributed by atoms with E-state index in [9.17, 15) is 4.57 Å². The predicted molar refractivity (Wildman–Crippen MR) is 151 cm³/mol. The normalized spacial score (nSPS) is 10.6. The highest BCUT2D eigenvalue weighted by Gasteiger charge is 2.34. The zero-order valence-corrected chi connectivity index (χ0v) is 22.3. The average Bonchev–Trinajstić information content (AvgIpc) is 2.94. The lowest BCUT2D eigenvalue weighted by atomic mass is 9.88. The average molecular weight is 472 g/mol. The molecule has 0 saturated carbocycles. The zero-order valence-electron chi connectivity index (χ0n) is 21.5. The van der Waals surface area contributed by atoms with Crippen LogP contribution in [0.15, 0.2) is 97.1 Å². The Morgan fingerprint density at radius 1 is 0.647 bits per heavy atom. The molecule has 0 aliphatic carbocycles. The van der Waals surface area contributed by atoms with Gasteiger partial charge in [-0.15, -0.1) is 0 Å². The van der Waals surface area contributed by atoms with Gasteiger partial charge < -0.3 is 4.90 Å². The fraction of sp³-hybridized carbons (Fsp3) is 0.290. The largest absolute Gasteiger partial charge is 0.310 e. The summed E-state index contributed by atoms with van der Waals surface area (Å²) in [6, 6.07) is 33.7. The molecule has 4 rings (SSSR count). The number of nitrogens with zero attached hydrogens (tertiary/aromatic N) is 1. The maximum absolute atomic E-state index is 12.6. The van der Waals surface area contributed by atoms with Crippen LogP contribution in [-0.2, 0) is 9.72 Å². The lowest BCUT2D eigenvalue weighted by Crippen LogP contribution is -2.22. The summed E-state index contributed by atoms with van der Waals surface area (Å²) in [7, 11) is 0.160. The molecule has 0 spiro atoms. The number of hydrogen-bond acceptors (Lipinski definition) is 2. The van der Waals surface area contributed by atoms with E-state index in [4.69, 9.17) is 0 Å². The Balaban J connectivity index is 0.000000970. The second-order valence-corrected chi connectivity index (χ2v) is 8.59. The van der Waals surface area contributed by atoms with Gasteiger partial charge in [-0.05, 0) is 65.6 Å². The molecule has 0 aliphatic rings. The minimum absolute atomic E-state index is 0.160. The Kier molecular flexibility index (Phi) is 11.0. The molecule has 0 aliphatic heterocycles. The standard InChI is InChI=1S/C27H26NOP.2C2H6/c1-3-27(4-2,30-29)25-19-21-13-11-12-14-22(21)20-26(25)28(23-15-7-5-8-16-23)24-17-9-6-10-18-24;2*1-2/h5-20H,3-4H2,1-2H3;2*1-2H3. The minimum Gasteiger partial charge on any atom is -0.310 e. The smallest absolute Gasteiger partial charge is 0.166 e. The number of para-hydroxylation sites is 2. The summed E-state index contributed by atoms with van der Waals surface area (Å²) in [6.45, 7) is 12.3. The molecule has 0 atom stereocenters. The van der Waals surface area contributed by atoms with Crippen molar-refractivity contribution in [3.05, 3.63) is 103 Å². The van der Waals surface area contributed by atoms with Gasteiger partial charge in [0.25, 0.3) is 0 Å². The molecule has 4 aromatic rings. The molecule has 2 nitrogen and oxygen atoms in total. The third-order valence-corrected chi connectivity index (χ3v) is 7.20. The van der Waals surface area contributed by atoms with E-state index in [1.807, 2.05) is 39.8 Å². The van der Waals surface area contributed by atoms with Crippen LogP contribution in [0.5, 0.6) is 0 Å². The molecule has 0 fully saturated rings. The van der Waals surface area contributed by atoms with Gasteiger partial charge in [-0.1, -0.05) is 102 Å². The van der Waals surface area contributed by atoms with Crippen LogP contribution in [0.2, 0.25) is 0 Å². The Bertz CT molecular complexity index is 1100. The van der Waals surface area contributed by atoms with E-state index in [2.05, 4.69) is 104 Å². The fourth-order valence-corrected chi connectivity index (χ4v) is 4.71. The van der Waals surface area contributed by atoms with Crippen LogP contribution in [0, 0.1) is 0 Å². The van der Waals surface area contributed by atoms with Gasteiger partial charge in [0.05, 0.1) is 10.8 Å². The molecule has 0 unspecified atom stereocenters. The summed E-state index contributed by atoms with van der Waals surface area (Å²) in [5, 5.41) is 1.92. The highest BCUT2D eigenvalue weighted by atomic mass is 31.1. The first kappa shape index (κ1) is 27.3. The van der Waals surface area contributed by atoms with Crippen LogP contribution in [0.3, 0.4) is 0 Å². The number of rotatable bonds is 7. The number of fused-ring (bicyclic) bond motifs is 1.